The average Bonchev–Trinajstić information content (AvgIpc) is 2.97. The Morgan fingerprint density at radius 3 is 2.89 bits per heavy atom. The first-order valence-electron chi connectivity index (χ1n) is 5.09. The molecule has 0 unspecified atom stereocenters. The Kier molecular flexibility index (Phi) is 2.53. The van der Waals surface area contributed by atoms with Crippen LogP contribution in [0.15, 0.2) is 17.3 Å². The van der Waals surface area contributed by atoms with Crippen molar-refractivity contribution in [3.8, 4) is 0 Å². The lowest BCUT2D eigenvalue weighted by atomic mass is 10.4. The topological polar surface area (TPSA) is 132 Å². The van der Waals surface area contributed by atoms with Gasteiger partial charge in [-0.2, -0.15) is 9.97 Å². The van der Waals surface area contributed by atoms with Crippen LogP contribution in [0.2, 0.25) is 5.15 Å². The van der Waals surface area contributed by atoms with Gasteiger partial charge in [0.05, 0.1) is 6.33 Å². The molecule has 0 saturated heterocycles. The molecule has 0 aromatic carbocycles. The highest BCUT2D eigenvalue weighted by Crippen LogP contribution is 2.18. The molecule has 0 spiro atoms. The van der Waals surface area contributed by atoms with Gasteiger partial charge < -0.3 is 15.0 Å². The van der Waals surface area contributed by atoms with Crippen molar-refractivity contribution in [3.05, 3.63) is 33.9 Å². The molecular formula is C9H6ClN7O2. The molecule has 3 aromatic heterocycles. The van der Waals surface area contributed by atoms with Crippen LogP contribution in [0.4, 0.5) is 5.95 Å². The van der Waals surface area contributed by atoms with Crippen molar-refractivity contribution in [1.82, 2.24) is 29.9 Å². The molecule has 3 rings (SSSR count). The smallest absolute Gasteiger partial charge is 0.323 e. The van der Waals surface area contributed by atoms with E-state index in [-0.39, 0.29) is 16.8 Å². The van der Waals surface area contributed by atoms with Crippen molar-refractivity contribution in [2.24, 2.45) is 0 Å². The number of imidazole rings is 2. The van der Waals surface area contributed by atoms with E-state index in [1.54, 1.807) is 0 Å². The van der Waals surface area contributed by atoms with E-state index in [0.29, 0.717) is 11.2 Å². The maximum absolute atomic E-state index is 11.8. The predicted molar refractivity (Wildman–Crippen MR) is 66.1 cm³/mol. The summed E-state index contributed by atoms with van der Waals surface area (Å²) in [4.78, 5) is 41.8. The summed E-state index contributed by atoms with van der Waals surface area (Å²) in [7, 11) is 0. The number of nitrogens with zero attached hydrogens (tertiary/aromatic N) is 3. The Hall–Kier alpha value is -2.68. The number of hydrogen-bond donors (Lipinski definition) is 4. The lowest BCUT2D eigenvalue weighted by Gasteiger charge is -2.02. The van der Waals surface area contributed by atoms with Crippen LogP contribution in [0.1, 0.15) is 10.5 Å². The molecule has 19 heavy (non-hydrogen) atoms. The number of halogens is 1. The first-order chi connectivity index (χ1) is 9.13. The second-order valence-electron chi connectivity index (χ2n) is 3.55. The van der Waals surface area contributed by atoms with E-state index in [4.69, 9.17) is 11.6 Å². The fourth-order valence-electron chi connectivity index (χ4n) is 1.48. The van der Waals surface area contributed by atoms with Gasteiger partial charge in [-0.25, -0.2) is 9.78 Å². The van der Waals surface area contributed by atoms with Crippen molar-refractivity contribution in [3.63, 3.8) is 0 Å². The van der Waals surface area contributed by atoms with Crippen molar-refractivity contribution >= 4 is 34.6 Å². The van der Waals surface area contributed by atoms with Crippen LogP contribution in [-0.4, -0.2) is 35.8 Å². The zero-order valence-electron chi connectivity index (χ0n) is 9.19. The minimum Gasteiger partial charge on any atom is -0.341 e. The zero-order chi connectivity index (χ0) is 13.4. The third-order valence-corrected chi connectivity index (χ3v) is 2.58. The largest absolute Gasteiger partial charge is 0.341 e. The fourth-order valence-corrected chi connectivity index (χ4v) is 1.70. The van der Waals surface area contributed by atoms with E-state index in [1.807, 2.05) is 0 Å². The molecule has 0 atom stereocenters. The Labute approximate surface area is 109 Å². The summed E-state index contributed by atoms with van der Waals surface area (Å²) in [5, 5.41) is 2.54. The van der Waals surface area contributed by atoms with Crippen molar-refractivity contribution in [2.75, 3.05) is 5.32 Å². The molecule has 0 aliphatic heterocycles. The van der Waals surface area contributed by atoms with E-state index >= 15 is 0 Å². The Morgan fingerprint density at radius 2 is 2.16 bits per heavy atom. The molecule has 4 N–H and O–H groups in total. The Bertz CT molecular complexity index is 817. The van der Waals surface area contributed by atoms with Crippen molar-refractivity contribution < 1.29 is 4.79 Å². The van der Waals surface area contributed by atoms with E-state index in [1.165, 1.54) is 12.5 Å². The van der Waals surface area contributed by atoms with Crippen LogP contribution in [0.3, 0.4) is 0 Å². The molecule has 0 aliphatic rings. The van der Waals surface area contributed by atoms with Crippen LogP contribution >= 0.6 is 11.6 Å². The summed E-state index contributed by atoms with van der Waals surface area (Å²) in [6.45, 7) is 0. The third kappa shape index (κ3) is 2.06. The summed E-state index contributed by atoms with van der Waals surface area (Å²) >= 11 is 5.90. The molecule has 0 saturated carbocycles. The van der Waals surface area contributed by atoms with Crippen LogP contribution in [0.25, 0.3) is 11.2 Å². The van der Waals surface area contributed by atoms with Gasteiger partial charge in [-0.15, -0.1) is 0 Å². The second kappa shape index (κ2) is 4.21. The molecule has 0 radical (unpaired) electrons. The second-order valence-corrected chi connectivity index (χ2v) is 3.91. The molecule has 3 heterocycles. The SMILES string of the molecule is O=C(Nc1nc(Cl)c2[nH]cnc2n1)c1c[nH]c(=O)[nH]1. The maximum atomic E-state index is 11.8. The number of carbonyl (C=O) groups excluding carboxylic acids is 1. The van der Waals surface area contributed by atoms with Gasteiger partial charge in [-0.3, -0.25) is 10.1 Å². The number of carbonyl (C=O) groups is 1. The minimum atomic E-state index is -0.565. The Balaban J connectivity index is 1.92. The molecule has 3 aromatic rings. The van der Waals surface area contributed by atoms with E-state index in [0.717, 1.165) is 0 Å². The van der Waals surface area contributed by atoms with E-state index in [2.05, 4.69) is 35.2 Å². The molecule has 10 heteroatoms. The molecule has 0 fully saturated rings. The molecule has 1 amide bonds. The summed E-state index contributed by atoms with van der Waals surface area (Å²) in [6.07, 6.45) is 2.66. The van der Waals surface area contributed by atoms with Gasteiger partial charge in [-0.05, 0) is 0 Å². The number of aromatic amines is 3. The maximum Gasteiger partial charge on any atom is 0.323 e. The number of nitrogens with one attached hydrogen (secondary N) is 4. The van der Waals surface area contributed by atoms with Gasteiger partial charge in [0.15, 0.2) is 10.8 Å². The number of anilines is 1. The fraction of sp³-hybridized carbons (Fsp3) is 0. The molecular weight excluding hydrogens is 274 g/mol. The summed E-state index contributed by atoms with van der Waals surface area (Å²) in [5.41, 5.74) is 0.395. The predicted octanol–water partition coefficient (Wildman–Crippen LogP) is 0.275. The quantitative estimate of drug-likeness (QED) is 0.500. The number of rotatable bonds is 2. The van der Waals surface area contributed by atoms with Gasteiger partial charge in [-0.1, -0.05) is 11.6 Å². The highest BCUT2D eigenvalue weighted by Gasteiger charge is 2.13. The summed E-state index contributed by atoms with van der Waals surface area (Å²) < 4.78 is 0. The molecule has 96 valence electrons. The lowest BCUT2D eigenvalue weighted by Crippen LogP contribution is -2.16. The van der Waals surface area contributed by atoms with Crippen LogP contribution in [-0.2, 0) is 0 Å². The molecule has 9 nitrogen and oxygen atoms in total. The molecule has 0 bridgehead atoms. The number of amides is 1. The number of aromatic nitrogens is 6. The van der Waals surface area contributed by atoms with Gasteiger partial charge in [0.1, 0.15) is 11.2 Å². The Morgan fingerprint density at radius 1 is 1.32 bits per heavy atom. The normalized spacial score (nSPS) is 10.8. The van der Waals surface area contributed by atoms with E-state index < -0.39 is 11.6 Å². The van der Waals surface area contributed by atoms with Crippen LogP contribution in [0, 0.1) is 0 Å². The van der Waals surface area contributed by atoms with Crippen LogP contribution in [0.5, 0.6) is 0 Å². The van der Waals surface area contributed by atoms with Gasteiger partial charge >= 0.3 is 5.69 Å². The van der Waals surface area contributed by atoms with Crippen molar-refractivity contribution in [2.45, 2.75) is 0 Å². The van der Waals surface area contributed by atoms with Gasteiger partial charge in [0, 0.05) is 6.20 Å². The third-order valence-electron chi connectivity index (χ3n) is 2.31. The zero-order valence-corrected chi connectivity index (χ0v) is 9.95. The molecule has 0 aliphatic carbocycles. The number of H-pyrrole nitrogens is 3. The van der Waals surface area contributed by atoms with E-state index in [9.17, 15) is 9.59 Å². The number of hydrogen-bond acceptors (Lipinski definition) is 5. The monoisotopic (exact) mass is 279 g/mol. The number of fused-ring (bicyclic) bond motifs is 1. The van der Waals surface area contributed by atoms with Gasteiger partial charge in [0.25, 0.3) is 5.91 Å². The first-order valence-corrected chi connectivity index (χ1v) is 5.47. The first kappa shape index (κ1) is 11.4. The summed E-state index contributed by atoms with van der Waals surface area (Å²) in [5.74, 6) is -0.569. The average molecular weight is 280 g/mol. The lowest BCUT2D eigenvalue weighted by molar-refractivity contribution is 0.102. The van der Waals surface area contributed by atoms with Crippen molar-refractivity contribution in [1.29, 1.82) is 0 Å². The summed E-state index contributed by atoms with van der Waals surface area (Å²) in [6, 6.07) is 0. The standard InChI is InChI=1S/C9H6ClN7O2/c10-5-4-6(13-2-12-4)16-8(15-5)17-7(18)3-1-11-9(19)14-3/h1-2H,(H2,11,14,19)(H2,12,13,15,16,17,18). The minimum absolute atomic E-state index is 0.00310. The highest BCUT2D eigenvalue weighted by atomic mass is 35.5. The van der Waals surface area contributed by atoms with Gasteiger partial charge in [0.2, 0.25) is 5.95 Å². The highest BCUT2D eigenvalue weighted by molar-refractivity contribution is 6.33. The van der Waals surface area contributed by atoms with Crippen LogP contribution < -0.4 is 11.0 Å².